The van der Waals surface area contributed by atoms with Crippen LogP contribution in [0.25, 0.3) is 0 Å². The van der Waals surface area contributed by atoms with Gasteiger partial charge in [-0.2, -0.15) is 0 Å². The molecular formula is C9H20O2. The molecule has 0 amide bonds. The molecule has 0 aromatic carbocycles. The second-order valence-electron chi connectivity index (χ2n) is 2.94. The van der Waals surface area contributed by atoms with E-state index in [1.165, 1.54) is 12.8 Å². The first kappa shape index (κ1) is 10.9. The molecule has 0 bridgehead atoms. The molecule has 0 aliphatic carbocycles. The fraction of sp³-hybridized carbons (Fsp3) is 1.00. The molecule has 0 spiro atoms. The first-order chi connectivity index (χ1) is 5.26. The number of ether oxygens (including phenoxy) is 1. The fourth-order valence-electron chi connectivity index (χ4n) is 1.21. The zero-order valence-corrected chi connectivity index (χ0v) is 7.84. The molecule has 1 N–H and O–H groups in total. The number of aliphatic hydroxyl groups is 1. The molecule has 0 aromatic heterocycles. The van der Waals surface area contributed by atoms with Crippen LogP contribution in [0.5, 0.6) is 0 Å². The Hall–Kier alpha value is -0.0800. The zero-order chi connectivity index (χ0) is 8.69. The molecular weight excluding hydrogens is 140 g/mol. The summed E-state index contributed by atoms with van der Waals surface area (Å²) in [6.45, 7) is 4.24. The van der Waals surface area contributed by atoms with Gasteiger partial charge < -0.3 is 9.84 Å². The molecule has 2 unspecified atom stereocenters. The lowest BCUT2D eigenvalue weighted by Gasteiger charge is -2.19. The molecule has 11 heavy (non-hydrogen) atoms. The highest BCUT2D eigenvalue weighted by molar-refractivity contribution is 4.59. The van der Waals surface area contributed by atoms with Crippen LogP contribution >= 0.6 is 0 Å². The summed E-state index contributed by atoms with van der Waals surface area (Å²) in [5, 5.41) is 9.32. The van der Waals surface area contributed by atoms with Crippen molar-refractivity contribution >= 4 is 0 Å². The fourth-order valence-corrected chi connectivity index (χ4v) is 1.21. The van der Waals surface area contributed by atoms with Gasteiger partial charge in [-0.05, 0) is 12.8 Å². The first-order valence-corrected chi connectivity index (χ1v) is 4.47. The summed E-state index contributed by atoms with van der Waals surface area (Å²) < 4.78 is 4.86. The number of methoxy groups -OCH3 is 1. The van der Waals surface area contributed by atoms with E-state index in [1.807, 2.05) is 0 Å². The average molecular weight is 160 g/mol. The van der Waals surface area contributed by atoms with Crippen molar-refractivity contribution in [2.24, 2.45) is 5.92 Å². The Labute approximate surface area is 69.6 Å². The van der Waals surface area contributed by atoms with Crippen molar-refractivity contribution in [3.05, 3.63) is 0 Å². The number of rotatable bonds is 6. The van der Waals surface area contributed by atoms with Crippen LogP contribution in [0.3, 0.4) is 0 Å². The molecule has 0 aliphatic rings. The van der Waals surface area contributed by atoms with Crippen molar-refractivity contribution in [2.45, 2.75) is 45.8 Å². The van der Waals surface area contributed by atoms with Crippen LogP contribution in [0.1, 0.15) is 39.5 Å². The van der Waals surface area contributed by atoms with E-state index < -0.39 is 6.29 Å². The van der Waals surface area contributed by atoms with Crippen molar-refractivity contribution in [1.82, 2.24) is 0 Å². The molecule has 2 heteroatoms. The van der Waals surface area contributed by atoms with Crippen molar-refractivity contribution in [3.8, 4) is 0 Å². The van der Waals surface area contributed by atoms with Gasteiger partial charge in [0.25, 0.3) is 0 Å². The standard InChI is InChI=1S/C9H20O2/c1-4-6-7-8(5-2)9(10)11-3/h8-10H,4-7H2,1-3H3. The zero-order valence-electron chi connectivity index (χ0n) is 7.84. The van der Waals surface area contributed by atoms with Gasteiger partial charge in [0.05, 0.1) is 0 Å². The Morgan fingerprint density at radius 3 is 2.36 bits per heavy atom. The van der Waals surface area contributed by atoms with Crippen LogP contribution in [-0.2, 0) is 4.74 Å². The van der Waals surface area contributed by atoms with Gasteiger partial charge in [0.2, 0.25) is 0 Å². The van der Waals surface area contributed by atoms with Crippen molar-refractivity contribution < 1.29 is 9.84 Å². The minimum atomic E-state index is -0.563. The molecule has 0 aliphatic heterocycles. The quantitative estimate of drug-likeness (QED) is 0.603. The van der Waals surface area contributed by atoms with Crippen LogP contribution in [0.2, 0.25) is 0 Å². The maximum absolute atomic E-state index is 9.32. The highest BCUT2D eigenvalue weighted by atomic mass is 16.6. The summed E-state index contributed by atoms with van der Waals surface area (Å²) in [5.41, 5.74) is 0. The van der Waals surface area contributed by atoms with E-state index in [0.29, 0.717) is 5.92 Å². The van der Waals surface area contributed by atoms with Crippen LogP contribution in [0.15, 0.2) is 0 Å². The number of aliphatic hydroxyl groups excluding tert-OH is 1. The van der Waals surface area contributed by atoms with Gasteiger partial charge in [0.1, 0.15) is 0 Å². The second kappa shape index (κ2) is 6.62. The van der Waals surface area contributed by atoms with E-state index in [4.69, 9.17) is 4.74 Å². The minimum Gasteiger partial charge on any atom is -0.368 e. The Morgan fingerprint density at radius 1 is 1.36 bits per heavy atom. The molecule has 2 atom stereocenters. The summed E-state index contributed by atoms with van der Waals surface area (Å²) in [4.78, 5) is 0. The van der Waals surface area contributed by atoms with Gasteiger partial charge in [-0.1, -0.05) is 26.7 Å². The highest BCUT2D eigenvalue weighted by Gasteiger charge is 2.15. The Balaban J connectivity index is 3.56. The predicted octanol–water partition coefficient (Wildman–Crippen LogP) is 2.17. The van der Waals surface area contributed by atoms with E-state index >= 15 is 0 Å². The molecule has 0 rings (SSSR count). The predicted molar refractivity (Wildman–Crippen MR) is 46.3 cm³/mol. The molecule has 68 valence electrons. The van der Waals surface area contributed by atoms with Gasteiger partial charge in [0.15, 0.2) is 6.29 Å². The maximum Gasteiger partial charge on any atom is 0.156 e. The second-order valence-corrected chi connectivity index (χ2v) is 2.94. The van der Waals surface area contributed by atoms with Crippen molar-refractivity contribution in [3.63, 3.8) is 0 Å². The minimum absolute atomic E-state index is 0.319. The summed E-state index contributed by atoms with van der Waals surface area (Å²) in [6.07, 6.45) is 3.87. The monoisotopic (exact) mass is 160 g/mol. The molecule has 0 aromatic rings. The van der Waals surface area contributed by atoms with E-state index in [0.717, 1.165) is 12.8 Å². The first-order valence-electron chi connectivity index (χ1n) is 4.47. The van der Waals surface area contributed by atoms with E-state index in [9.17, 15) is 5.11 Å². The topological polar surface area (TPSA) is 29.5 Å². The number of unbranched alkanes of at least 4 members (excludes halogenated alkanes) is 1. The lowest BCUT2D eigenvalue weighted by Crippen LogP contribution is -2.21. The Bertz CT molecular complexity index is 83.6. The summed E-state index contributed by atoms with van der Waals surface area (Å²) in [5.74, 6) is 0.319. The third-order valence-electron chi connectivity index (χ3n) is 2.10. The van der Waals surface area contributed by atoms with Gasteiger partial charge in [-0.3, -0.25) is 0 Å². The van der Waals surface area contributed by atoms with Crippen molar-refractivity contribution in [2.75, 3.05) is 7.11 Å². The van der Waals surface area contributed by atoms with Crippen molar-refractivity contribution in [1.29, 1.82) is 0 Å². The Morgan fingerprint density at radius 2 is 2.00 bits per heavy atom. The van der Waals surface area contributed by atoms with Gasteiger partial charge in [0, 0.05) is 13.0 Å². The summed E-state index contributed by atoms with van der Waals surface area (Å²) in [6, 6.07) is 0. The normalized spacial score (nSPS) is 16.4. The van der Waals surface area contributed by atoms with E-state index in [2.05, 4.69) is 13.8 Å². The largest absolute Gasteiger partial charge is 0.368 e. The number of hydrogen-bond acceptors (Lipinski definition) is 2. The maximum atomic E-state index is 9.32. The van der Waals surface area contributed by atoms with Gasteiger partial charge in [-0.25, -0.2) is 0 Å². The van der Waals surface area contributed by atoms with Crippen LogP contribution in [0, 0.1) is 5.92 Å². The van der Waals surface area contributed by atoms with E-state index in [1.54, 1.807) is 7.11 Å². The van der Waals surface area contributed by atoms with Gasteiger partial charge in [-0.15, -0.1) is 0 Å². The summed E-state index contributed by atoms with van der Waals surface area (Å²) in [7, 11) is 1.55. The molecule has 0 heterocycles. The SMILES string of the molecule is CCCCC(CC)C(O)OC. The van der Waals surface area contributed by atoms with Crippen LogP contribution in [0.4, 0.5) is 0 Å². The molecule has 0 saturated heterocycles. The van der Waals surface area contributed by atoms with Crippen LogP contribution < -0.4 is 0 Å². The number of hydrogen-bond donors (Lipinski definition) is 1. The van der Waals surface area contributed by atoms with Gasteiger partial charge >= 0.3 is 0 Å². The lowest BCUT2D eigenvalue weighted by molar-refractivity contribution is -0.115. The summed E-state index contributed by atoms with van der Waals surface area (Å²) >= 11 is 0. The third-order valence-corrected chi connectivity index (χ3v) is 2.10. The lowest BCUT2D eigenvalue weighted by atomic mass is 9.99. The molecule has 0 radical (unpaired) electrons. The van der Waals surface area contributed by atoms with E-state index in [-0.39, 0.29) is 0 Å². The smallest absolute Gasteiger partial charge is 0.156 e. The molecule has 0 fully saturated rings. The average Bonchev–Trinajstić information content (AvgIpc) is 2.05. The molecule has 0 saturated carbocycles. The highest BCUT2D eigenvalue weighted by Crippen LogP contribution is 2.16. The molecule has 2 nitrogen and oxygen atoms in total. The third kappa shape index (κ3) is 4.38. The van der Waals surface area contributed by atoms with Crippen LogP contribution in [-0.4, -0.2) is 18.5 Å². The Kier molecular flexibility index (Phi) is 6.57.